The average molecular weight is 494 g/mol. The fraction of sp³-hybridized carbons (Fsp3) is 0.179. The number of nitrogens with one attached hydrogen (secondary N) is 3. The molecule has 37 heavy (non-hydrogen) atoms. The molecule has 3 aromatic carbocycles. The summed E-state index contributed by atoms with van der Waals surface area (Å²) in [6, 6.07) is 17.7. The molecule has 1 aliphatic carbocycles. The van der Waals surface area contributed by atoms with Crippen LogP contribution < -0.4 is 20.1 Å². The predicted molar refractivity (Wildman–Crippen MR) is 139 cm³/mol. The van der Waals surface area contributed by atoms with Crippen LogP contribution in [0.4, 0.5) is 17.2 Å². The molecule has 1 spiro atoms. The van der Waals surface area contributed by atoms with Gasteiger partial charge in [0.25, 0.3) is 0 Å². The molecule has 0 unspecified atom stereocenters. The molecule has 1 aliphatic heterocycles. The number of amides is 1. The summed E-state index contributed by atoms with van der Waals surface area (Å²) in [6.45, 7) is 0. The van der Waals surface area contributed by atoms with Gasteiger partial charge in [0.15, 0.2) is 18.0 Å². The Labute approximate surface area is 211 Å². The van der Waals surface area contributed by atoms with E-state index >= 15 is 0 Å². The number of hydrogen-bond acceptors (Lipinski definition) is 7. The highest BCUT2D eigenvalue weighted by Crippen LogP contribution is 2.65. The highest BCUT2D eigenvalue weighted by atomic mass is 16.5. The molecule has 1 saturated carbocycles. The Morgan fingerprint density at radius 2 is 2.00 bits per heavy atom. The van der Waals surface area contributed by atoms with Crippen LogP contribution in [0.25, 0.3) is 22.2 Å². The maximum atomic E-state index is 13.0. The van der Waals surface area contributed by atoms with Gasteiger partial charge in [-0.15, -0.1) is 0 Å². The first-order valence-electron chi connectivity index (χ1n) is 11.9. The number of benzene rings is 3. The lowest BCUT2D eigenvalue weighted by Crippen LogP contribution is -2.21. The van der Waals surface area contributed by atoms with Crippen LogP contribution in [0, 0.1) is 0 Å². The van der Waals surface area contributed by atoms with Gasteiger partial charge >= 0.3 is 0 Å². The topological polar surface area (TPSA) is 114 Å². The maximum Gasteiger partial charge on any atom is 0.235 e. The minimum Gasteiger partial charge on any atom is -0.497 e. The lowest BCUT2D eigenvalue weighted by Gasteiger charge is -2.11. The van der Waals surface area contributed by atoms with Crippen molar-refractivity contribution in [3.63, 3.8) is 0 Å². The van der Waals surface area contributed by atoms with Crippen LogP contribution in [-0.4, -0.2) is 35.3 Å². The minimum atomic E-state index is -0.548. The Balaban J connectivity index is 1.20. The second kappa shape index (κ2) is 7.86. The van der Waals surface area contributed by atoms with Crippen molar-refractivity contribution < 1.29 is 18.7 Å². The number of aromatic amines is 1. The third-order valence-electron chi connectivity index (χ3n) is 7.48. The van der Waals surface area contributed by atoms with Crippen LogP contribution in [-0.2, 0) is 10.2 Å². The van der Waals surface area contributed by atoms with E-state index in [4.69, 9.17) is 13.9 Å². The molecule has 2 atom stereocenters. The molecule has 7 rings (SSSR count). The minimum absolute atomic E-state index is 0.0477. The third-order valence-corrected chi connectivity index (χ3v) is 7.48. The summed E-state index contributed by atoms with van der Waals surface area (Å²) in [5.41, 5.74) is 4.93. The van der Waals surface area contributed by atoms with Crippen LogP contribution in [0.5, 0.6) is 11.5 Å². The third kappa shape index (κ3) is 3.20. The Morgan fingerprint density at radius 3 is 2.81 bits per heavy atom. The molecule has 2 aliphatic rings. The van der Waals surface area contributed by atoms with Crippen molar-refractivity contribution in [3.05, 3.63) is 78.3 Å². The van der Waals surface area contributed by atoms with Crippen molar-refractivity contribution >= 4 is 34.0 Å². The Bertz CT molecular complexity index is 1680. The maximum absolute atomic E-state index is 13.0. The van der Waals surface area contributed by atoms with Gasteiger partial charge in [0, 0.05) is 22.6 Å². The summed E-state index contributed by atoms with van der Waals surface area (Å²) in [4.78, 5) is 17.0. The van der Waals surface area contributed by atoms with Crippen LogP contribution in [0.2, 0.25) is 0 Å². The van der Waals surface area contributed by atoms with Crippen molar-refractivity contribution in [2.75, 3.05) is 24.9 Å². The fourth-order valence-corrected chi connectivity index (χ4v) is 5.49. The van der Waals surface area contributed by atoms with Gasteiger partial charge in [-0.2, -0.15) is 5.10 Å². The molecule has 0 radical (unpaired) electrons. The molecule has 5 aromatic rings. The van der Waals surface area contributed by atoms with Crippen molar-refractivity contribution in [1.82, 2.24) is 15.2 Å². The van der Waals surface area contributed by atoms with Crippen molar-refractivity contribution in [1.29, 1.82) is 0 Å². The van der Waals surface area contributed by atoms with E-state index in [1.807, 2.05) is 42.5 Å². The number of H-pyrrole nitrogens is 1. The lowest BCUT2D eigenvalue weighted by molar-refractivity contribution is -0.118. The van der Waals surface area contributed by atoms with Crippen molar-refractivity contribution in [2.45, 2.75) is 17.8 Å². The Kier molecular flexibility index (Phi) is 4.56. The number of carbonyl (C=O) groups excluding carboxylic acids is 1. The van der Waals surface area contributed by atoms with Crippen LogP contribution in [0.1, 0.15) is 23.5 Å². The highest BCUT2D eigenvalue weighted by molar-refractivity contribution is 6.10. The number of anilines is 3. The molecule has 9 nitrogen and oxygen atoms in total. The van der Waals surface area contributed by atoms with E-state index in [1.165, 1.54) is 6.39 Å². The fourth-order valence-electron chi connectivity index (χ4n) is 5.49. The van der Waals surface area contributed by atoms with Gasteiger partial charge in [-0.3, -0.25) is 9.89 Å². The van der Waals surface area contributed by atoms with Gasteiger partial charge in [-0.25, -0.2) is 4.98 Å². The highest BCUT2D eigenvalue weighted by Gasteiger charge is 2.65. The molecule has 1 amide bonds. The van der Waals surface area contributed by atoms with Gasteiger partial charge in [0.2, 0.25) is 5.91 Å². The quantitative estimate of drug-likeness (QED) is 0.292. The average Bonchev–Trinajstić information content (AvgIpc) is 3.20. The van der Waals surface area contributed by atoms with Crippen molar-refractivity contribution in [2.24, 2.45) is 0 Å². The van der Waals surface area contributed by atoms with Gasteiger partial charge in [-0.05, 0) is 66.1 Å². The monoisotopic (exact) mass is 493 g/mol. The standard InChI is InChI=1S/C28H23N5O4/c1-35-17-5-7-21-19(11-17)28(27(34)31-21)12-20(28)15-3-6-18-22(9-15)32-33-26(18)30-23-10-16(4-8-24(23)36-2)25-13-29-14-37-25/h3-11,13-14,20H,12H2,1-2H3,(H,31,34)(H2,30,32,33)/t20-,28-/m0/s1. The summed E-state index contributed by atoms with van der Waals surface area (Å²) in [7, 11) is 3.27. The summed E-state index contributed by atoms with van der Waals surface area (Å²) < 4.78 is 16.4. The van der Waals surface area contributed by atoms with Crippen LogP contribution in [0.3, 0.4) is 0 Å². The SMILES string of the molecule is COc1ccc2c(c1)[C@]1(C[C@H]1c1ccc3c(Nc4cc(-c5cnco5)ccc4OC)n[nH]c3c1)C(=O)N2. The van der Waals surface area contributed by atoms with Crippen LogP contribution in [0.15, 0.2) is 71.6 Å². The first-order valence-corrected chi connectivity index (χ1v) is 11.9. The number of hydrogen-bond donors (Lipinski definition) is 3. The number of aromatic nitrogens is 3. The molecule has 9 heteroatoms. The van der Waals surface area contributed by atoms with E-state index < -0.39 is 5.41 Å². The largest absolute Gasteiger partial charge is 0.497 e. The molecule has 0 bridgehead atoms. The number of fused-ring (bicyclic) bond motifs is 3. The first-order chi connectivity index (χ1) is 18.1. The zero-order chi connectivity index (χ0) is 25.1. The first kappa shape index (κ1) is 21.5. The van der Waals surface area contributed by atoms with E-state index in [9.17, 15) is 4.79 Å². The number of rotatable bonds is 6. The van der Waals surface area contributed by atoms with Gasteiger partial charge < -0.3 is 24.5 Å². The molecule has 1 fully saturated rings. The van der Waals surface area contributed by atoms with Gasteiger partial charge in [0.1, 0.15) is 11.5 Å². The molecule has 3 heterocycles. The van der Waals surface area contributed by atoms with E-state index in [-0.39, 0.29) is 11.8 Å². The molecule has 3 N–H and O–H groups in total. The Morgan fingerprint density at radius 1 is 1.08 bits per heavy atom. The van der Waals surface area contributed by atoms with Gasteiger partial charge in [0.05, 0.1) is 37.0 Å². The summed E-state index contributed by atoms with van der Waals surface area (Å²) in [5.74, 6) is 2.90. The van der Waals surface area contributed by atoms with Crippen molar-refractivity contribution in [3.8, 4) is 22.8 Å². The van der Waals surface area contributed by atoms with E-state index in [2.05, 4.69) is 37.9 Å². The number of nitrogens with zero attached hydrogens (tertiary/aromatic N) is 2. The summed E-state index contributed by atoms with van der Waals surface area (Å²) >= 11 is 0. The second-order valence-corrected chi connectivity index (χ2v) is 9.38. The molecule has 184 valence electrons. The molecular formula is C28H23N5O4. The van der Waals surface area contributed by atoms with E-state index in [0.29, 0.717) is 17.3 Å². The number of methoxy groups -OCH3 is 2. The second-order valence-electron chi connectivity index (χ2n) is 9.38. The lowest BCUT2D eigenvalue weighted by atomic mass is 9.91. The van der Waals surface area contributed by atoms with E-state index in [0.717, 1.165) is 51.1 Å². The molecular weight excluding hydrogens is 470 g/mol. The predicted octanol–water partition coefficient (Wildman–Crippen LogP) is 5.36. The normalized spacial score (nSPS) is 19.6. The Hall–Kier alpha value is -4.79. The zero-order valence-electron chi connectivity index (χ0n) is 20.2. The van der Waals surface area contributed by atoms with Crippen LogP contribution >= 0.6 is 0 Å². The number of carbonyl (C=O) groups is 1. The molecule has 2 aromatic heterocycles. The molecule has 0 saturated heterocycles. The number of oxazole rings is 1. The summed E-state index contributed by atoms with van der Waals surface area (Å²) in [5, 5.41) is 15.0. The summed E-state index contributed by atoms with van der Waals surface area (Å²) in [6.07, 6.45) is 3.83. The number of ether oxygens (including phenoxy) is 2. The smallest absolute Gasteiger partial charge is 0.235 e. The van der Waals surface area contributed by atoms with E-state index in [1.54, 1.807) is 20.4 Å². The van der Waals surface area contributed by atoms with Gasteiger partial charge in [-0.1, -0.05) is 6.07 Å². The zero-order valence-corrected chi connectivity index (χ0v) is 20.2.